The summed E-state index contributed by atoms with van der Waals surface area (Å²) >= 11 is 0. The van der Waals surface area contributed by atoms with Crippen molar-refractivity contribution in [2.75, 3.05) is 20.4 Å². The summed E-state index contributed by atoms with van der Waals surface area (Å²) in [4.78, 5) is 24.7. The standard InChI is InChI=1S/C22H36N4O4/c1-14(19(29-4)18-11-8-12-24-18)21(27)26-16(3)20(17-9-6-5-7-10-17)30-13-25-22(28)15(2)23/h5-7,9-10,14-16,18-20,24H,8,11-13,23H2,1-4H3,(H,25,28)(H,26,27)/t14-,15+,16-,18+,19-,20-/m1/s1. The van der Waals surface area contributed by atoms with Crippen LogP contribution in [0.25, 0.3) is 0 Å². The van der Waals surface area contributed by atoms with Gasteiger partial charge in [0.2, 0.25) is 11.8 Å². The number of rotatable bonds is 11. The van der Waals surface area contributed by atoms with Crippen LogP contribution in [0.1, 0.15) is 45.3 Å². The number of nitrogens with one attached hydrogen (secondary N) is 3. The predicted octanol–water partition coefficient (Wildman–Crippen LogP) is 1.07. The van der Waals surface area contributed by atoms with E-state index in [-0.39, 0.29) is 42.7 Å². The van der Waals surface area contributed by atoms with Gasteiger partial charge in [0.1, 0.15) is 12.8 Å². The Morgan fingerprint density at radius 1 is 1.20 bits per heavy atom. The molecular weight excluding hydrogens is 384 g/mol. The largest absolute Gasteiger partial charge is 0.379 e. The summed E-state index contributed by atoms with van der Waals surface area (Å²) in [6.45, 7) is 6.34. The molecule has 1 saturated heterocycles. The number of methoxy groups -OCH3 is 1. The smallest absolute Gasteiger partial charge is 0.238 e. The minimum atomic E-state index is -0.614. The summed E-state index contributed by atoms with van der Waals surface area (Å²) < 4.78 is 11.6. The van der Waals surface area contributed by atoms with Gasteiger partial charge in [-0.2, -0.15) is 0 Å². The van der Waals surface area contributed by atoms with E-state index in [9.17, 15) is 9.59 Å². The van der Waals surface area contributed by atoms with Crippen LogP contribution in [0.15, 0.2) is 30.3 Å². The Morgan fingerprint density at radius 2 is 1.90 bits per heavy atom. The third-order valence-electron chi connectivity index (χ3n) is 5.55. The SMILES string of the molecule is CO[C@@H]([C@@H]1CCCN1)[C@@H](C)C(=O)N[C@H](C)[C@@H](OCNC(=O)[C@H](C)N)c1ccccc1. The average Bonchev–Trinajstić information content (AvgIpc) is 3.26. The van der Waals surface area contributed by atoms with Crippen LogP contribution < -0.4 is 21.7 Å². The molecule has 1 aromatic carbocycles. The van der Waals surface area contributed by atoms with Gasteiger partial charge in [-0.3, -0.25) is 9.59 Å². The fourth-order valence-corrected chi connectivity index (χ4v) is 3.83. The first-order valence-corrected chi connectivity index (χ1v) is 10.6. The fourth-order valence-electron chi connectivity index (χ4n) is 3.83. The first-order chi connectivity index (χ1) is 14.3. The molecule has 30 heavy (non-hydrogen) atoms. The Labute approximate surface area is 179 Å². The Morgan fingerprint density at radius 3 is 2.47 bits per heavy atom. The lowest BCUT2D eigenvalue weighted by atomic mass is 9.94. The molecule has 0 radical (unpaired) electrons. The van der Waals surface area contributed by atoms with Crippen LogP contribution in [-0.4, -0.2) is 56.4 Å². The van der Waals surface area contributed by atoms with Gasteiger partial charge in [0.25, 0.3) is 0 Å². The summed E-state index contributed by atoms with van der Waals surface area (Å²) in [6.07, 6.45) is 1.47. The van der Waals surface area contributed by atoms with Crippen molar-refractivity contribution in [3.8, 4) is 0 Å². The van der Waals surface area contributed by atoms with Gasteiger partial charge in [-0.1, -0.05) is 37.3 Å². The lowest BCUT2D eigenvalue weighted by molar-refractivity contribution is -0.132. The van der Waals surface area contributed by atoms with Gasteiger partial charge in [-0.05, 0) is 38.8 Å². The van der Waals surface area contributed by atoms with Gasteiger partial charge in [0.15, 0.2) is 0 Å². The van der Waals surface area contributed by atoms with Crippen LogP contribution in [0.3, 0.4) is 0 Å². The molecule has 2 amide bonds. The normalized spacial score (nSPS) is 21.3. The number of hydrogen-bond acceptors (Lipinski definition) is 6. The van der Waals surface area contributed by atoms with Gasteiger partial charge in [0.05, 0.1) is 24.1 Å². The Kier molecular flexibility index (Phi) is 9.71. The van der Waals surface area contributed by atoms with Gasteiger partial charge in [0, 0.05) is 13.2 Å². The summed E-state index contributed by atoms with van der Waals surface area (Å²) in [5.41, 5.74) is 6.49. The van der Waals surface area contributed by atoms with Gasteiger partial charge >= 0.3 is 0 Å². The minimum Gasteiger partial charge on any atom is -0.379 e. The molecule has 1 heterocycles. The molecule has 8 heteroatoms. The Hall–Kier alpha value is -2.00. The number of benzene rings is 1. The summed E-state index contributed by atoms with van der Waals surface area (Å²) in [6, 6.07) is 8.87. The molecule has 0 aromatic heterocycles. The number of nitrogens with two attached hydrogens (primary N) is 1. The number of amides is 2. The van der Waals surface area contributed by atoms with Crippen molar-refractivity contribution in [1.82, 2.24) is 16.0 Å². The summed E-state index contributed by atoms with van der Waals surface area (Å²) in [5.74, 6) is -0.700. The lowest BCUT2D eigenvalue weighted by Crippen LogP contribution is -2.49. The first-order valence-electron chi connectivity index (χ1n) is 10.6. The second-order valence-corrected chi connectivity index (χ2v) is 7.96. The number of ether oxygens (including phenoxy) is 2. The first kappa shape index (κ1) is 24.3. The molecule has 1 aliphatic heterocycles. The molecule has 2 rings (SSSR count). The third kappa shape index (κ3) is 6.77. The van der Waals surface area contributed by atoms with Crippen molar-refractivity contribution in [1.29, 1.82) is 0 Å². The lowest BCUT2D eigenvalue weighted by Gasteiger charge is -2.31. The molecule has 1 aromatic rings. The molecule has 5 N–H and O–H groups in total. The van der Waals surface area contributed by atoms with Crippen molar-refractivity contribution in [2.24, 2.45) is 11.7 Å². The summed E-state index contributed by atoms with van der Waals surface area (Å²) in [7, 11) is 1.65. The molecule has 0 saturated carbocycles. The van der Waals surface area contributed by atoms with Crippen molar-refractivity contribution in [3.63, 3.8) is 0 Å². The highest BCUT2D eigenvalue weighted by molar-refractivity contribution is 5.80. The van der Waals surface area contributed by atoms with E-state index in [1.54, 1.807) is 14.0 Å². The van der Waals surface area contributed by atoms with Crippen LogP contribution in [0.4, 0.5) is 0 Å². The Balaban J connectivity index is 2.02. The van der Waals surface area contributed by atoms with Crippen LogP contribution in [-0.2, 0) is 19.1 Å². The van der Waals surface area contributed by atoms with E-state index < -0.39 is 12.1 Å². The molecule has 1 fully saturated rings. The van der Waals surface area contributed by atoms with E-state index in [0.717, 1.165) is 24.9 Å². The van der Waals surface area contributed by atoms with Crippen LogP contribution in [0.5, 0.6) is 0 Å². The zero-order chi connectivity index (χ0) is 22.1. The highest BCUT2D eigenvalue weighted by Crippen LogP contribution is 2.23. The predicted molar refractivity (Wildman–Crippen MR) is 116 cm³/mol. The second kappa shape index (κ2) is 12.0. The number of carbonyl (C=O) groups is 2. The maximum atomic E-state index is 13.0. The molecule has 1 aliphatic rings. The van der Waals surface area contributed by atoms with Gasteiger partial charge in [-0.15, -0.1) is 0 Å². The molecular formula is C22H36N4O4. The zero-order valence-electron chi connectivity index (χ0n) is 18.4. The van der Waals surface area contributed by atoms with E-state index in [0.29, 0.717) is 0 Å². The third-order valence-corrected chi connectivity index (χ3v) is 5.55. The van der Waals surface area contributed by atoms with Crippen molar-refractivity contribution < 1.29 is 19.1 Å². The molecule has 8 nitrogen and oxygen atoms in total. The molecule has 6 atom stereocenters. The van der Waals surface area contributed by atoms with Crippen LogP contribution in [0.2, 0.25) is 0 Å². The van der Waals surface area contributed by atoms with Crippen LogP contribution >= 0.6 is 0 Å². The average molecular weight is 421 g/mol. The topological polar surface area (TPSA) is 115 Å². The molecule has 0 bridgehead atoms. The molecule has 0 spiro atoms. The summed E-state index contributed by atoms with van der Waals surface area (Å²) in [5, 5.41) is 9.13. The molecule has 168 valence electrons. The maximum Gasteiger partial charge on any atom is 0.238 e. The Bertz CT molecular complexity index is 664. The van der Waals surface area contributed by atoms with E-state index in [1.165, 1.54) is 0 Å². The highest BCUT2D eigenvalue weighted by atomic mass is 16.5. The van der Waals surface area contributed by atoms with Crippen molar-refractivity contribution >= 4 is 11.8 Å². The zero-order valence-corrected chi connectivity index (χ0v) is 18.4. The van der Waals surface area contributed by atoms with E-state index in [1.807, 2.05) is 44.2 Å². The van der Waals surface area contributed by atoms with Gasteiger partial charge in [-0.25, -0.2) is 0 Å². The van der Waals surface area contributed by atoms with Gasteiger partial charge < -0.3 is 31.2 Å². The number of hydrogen-bond donors (Lipinski definition) is 4. The molecule has 0 unspecified atom stereocenters. The molecule has 0 aliphatic carbocycles. The van der Waals surface area contributed by atoms with E-state index in [2.05, 4.69) is 16.0 Å². The maximum absolute atomic E-state index is 13.0. The highest BCUT2D eigenvalue weighted by Gasteiger charge is 2.34. The minimum absolute atomic E-state index is 0.00237. The van der Waals surface area contributed by atoms with Crippen molar-refractivity contribution in [3.05, 3.63) is 35.9 Å². The fraction of sp³-hybridized carbons (Fsp3) is 0.636. The monoisotopic (exact) mass is 420 g/mol. The quantitative estimate of drug-likeness (QED) is 0.398. The van der Waals surface area contributed by atoms with Crippen LogP contribution in [0, 0.1) is 5.92 Å². The van der Waals surface area contributed by atoms with E-state index >= 15 is 0 Å². The van der Waals surface area contributed by atoms with E-state index in [4.69, 9.17) is 15.2 Å². The second-order valence-electron chi connectivity index (χ2n) is 7.96. The van der Waals surface area contributed by atoms with Crippen molar-refractivity contribution in [2.45, 2.75) is 63.9 Å². The number of carbonyl (C=O) groups excluding carboxylic acids is 2.